The molecule has 0 aliphatic carbocycles. The van der Waals surface area contributed by atoms with Gasteiger partial charge in [-0.15, -0.1) is 0 Å². The third-order valence-electron chi connectivity index (χ3n) is 4.51. The maximum atomic E-state index is 13.0. The van der Waals surface area contributed by atoms with Gasteiger partial charge in [0.2, 0.25) is 0 Å². The Morgan fingerprint density at radius 2 is 1.69 bits per heavy atom. The lowest BCUT2D eigenvalue weighted by Crippen LogP contribution is -2.31. The van der Waals surface area contributed by atoms with Crippen molar-refractivity contribution < 1.29 is 9.59 Å². The van der Waals surface area contributed by atoms with Crippen LogP contribution < -0.4 is 5.32 Å². The first kappa shape index (κ1) is 20.2. The number of aromatic nitrogens is 2. The van der Waals surface area contributed by atoms with Crippen molar-refractivity contribution >= 4 is 23.2 Å². The standard InChI is InChI=1S/C23H24N4O2/c1-4-27(15-18-8-6-5-7-9-18)23(29)21-14-22(25-17(3)24-21)26-20-12-10-19(11-13-20)16(2)28/h5-14H,4,15H2,1-3H3,(H,24,25,26). The second-order valence-electron chi connectivity index (χ2n) is 6.75. The summed E-state index contributed by atoms with van der Waals surface area (Å²) >= 11 is 0. The Morgan fingerprint density at radius 1 is 1.00 bits per heavy atom. The van der Waals surface area contributed by atoms with Gasteiger partial charge in [0, 0.05) is 30.4 Å². The van der Waals surface area contributed by atoms with E-state index in [0.29, 0.717) is 36.0 Å². The van der Waals surface area contributed by atoms with Crippen molar-refractivity contribution in [2.45, 2.75) is 27.3 Å². The summed E-state index contributed by atoms with van der Waals surface area (Å²) < 4.78 is 0. The van der Waals surface area contributed by atoms with Gasteiger partial charge in [-0.1, -0.05) is 30.3 Å². The Hall–Kier alpha value is -3.54. The van der Waals surface area contributed by atoms with Gasteiger partial charge >= 0.3 is 0 Å². The summed E-state index contributed by atoms with van der Waals surface area (Å²) in [5, 5.41) is 3.18. The quantitative estimate of drug-likeness (QED) is 0.608. The molecule has 0 aliphatic rings. The first-order valence-electron chi connectivity index (χ1n) is 9.53. The normalized spacial score (nSPS) is 10.4. The average Bonchev–Trinajstić information content (AvgIpc) is 2.72. The van der Waals surface area contributed by atoms with Crippen LogP contribution in [0.2, 0.25) is 0 Å². The number of Topliss-reactive ketones (excluding diaryl/α,β-unsaturated/α-hetero) is 1. The van der Waals surface area contributed by atoms with Crippen LogP contribution >= 0.6 is 0 Å². The van der Waals surface area contributed by atoms with E-state index in [2.05, 4.69) is 15.3 Å². The van der Waals surface area contributed by atoms with E-state index in [9.17, 15) is 9.59 Å². The molecule has 6 nitrogen and oxygen atoms in total. The molecule has 0 saturated carbocycles. The summed E-state index contributed by atoms with van der Waals surface area (Å²) in [6.07, 6.45) is 0. The van der Waals surface area contributed by atoms with E-state index in [1.54, 1.807) is 30.0 Å². The molecule has 1 aromatic heterocycles. The van der Waals surface area contributed by atoms with Gasteiger partial charge in [-0.05, 0) is 50.6 Å². The number of anilines is 2. The molecule has 6 heteroatoms. The predicted octanol–water partition coefficient (Wildman–Crippen LogP) is 4.39. The lowest BCUT2D eigenvalue weighted by atomic mass is 10.1. The Kier molecular flexibility index (Phi) is 6.34. The lowest BCUT2D eigenvalue weighted by molar-refractivity contribution is 0.0746. The van der Waals surface area contributed by atoms with E-state index in [-0.39, 0.29) is 11.7 Å². The summed E-state index contributed by atoms with van der Waals surface area (Å²) in [4.78, 5) is 34.9. The highest BCUT2D eigenvalue weighted by molar-refractivity contribution is 5.94. The Morgan fingerprint density at radius 3 is 2.31 bits per heavy atom. The number of amides is 1. The number of aryl methyl sites for hydroxylation is 1. The molecule has 1 heterocycles. The van der Waals surface area contributed by atoms with E-state index < -0.39 is 0 Å². The van der Waals surface area contributed by atoms with Gasteiger partial charge in [0.1, 0.15) is 17.3 Å². The smallest absolute Gasteiger partial charge is 0.272 e. The Balaban J connectivity index is 1.80. The fraction of sp³-hybridized carbons (Fsp3) is 0.217. The highest BCUT2D eigenvalue weighted by Gasteiger charge is 2.18. The summed E-state index contributed by atoms with van der Waals surface area (Å²) in [6.45, 7) is 6.34. The molecule has 0 atom stereocenters. The van der Waals surface area contributed by atoms with Crippen LogP contribution in [0.5, 0.6) is 0 Å². The first-order chi connectivity index (χ1) is 14.0. The van der Waals surface area contributed by atoms with Crippen molar-refractivity contribution in [3.63, 3.8) is 0 Å². The van der Waals surface area contributed by atoms with E-state index >= 15 is 0 Å². The molecule has 148 valence electrons. The van der Waals surface area contributed by atoms with Crippen molar-refractivity contribution in [1.82, 2.24) is 14.9 Å². The maximum Gasteiger partial charge on any atom is 0.272 e. The van der Waals surface area contributed by atoms with Crippen LogP contribution in [0.3, 0.4) is 0 Å². The number of hydrogen-bond acceptors (Lipinski definition) is 5. The molecular formula is C23H24N4O2. The summed E-state index contributed by atoms with van der Waals surface area (Å²) in [6, 6.07) is 18.7. The highest BCUT2D eigenvalue weighted by Crippen LogP contribution is 2.18. The molecule has 0 radical (unpaired) electrons. The van der Waals surface area contributed by atoms with Gasteiger partial charge in [-0.25, -0.2) is 9.97 Å². The molecule has 0 bridgehead atoms. The number of nitrogens with one attached hydrogen (secondary N) is 1. The highest BCUT2D eigenvalue weighted by atomic mass is 16.2. The minimum Gasteiger partial charge on any atom is -0.340 e. The number of ketones is 1. The second-order valence-corrected chi connectivity index (χ2v) is 6.75. The monoisotopic (exact) mass is 388 g/mol. The van der Waals surface area contributed by atoms with Crippen LogP contribution in [-0.2, 0) is 6.54 Å². The molecule has 3 aromatic rings. The fourth-order valence-electron chi connectivity index (χ4n) is 2.97. The molecule has 2 aromatic carbocycles. The summed E-state index contributed by atoms with van der Waals surface area (Å²) in [7, 11) is 0. The number of benzene rings is 2. The van der Waals surface area contributed by atoms with Crippen LogP contribution in [0.4, 0.5) is 11.5 Å². The minimum atomic E-state index is -0.142. The maximum absolute atomic E-state index is 13.0. The number of carbonyl (C=O) groups is 2. The van der Waals surface area contributed by atoms with Crippen molar-refractivity contribution in [2.75, 3.05) is 11.9 Å². The largest absolute Gasteiger partial charge is 0.340 e. The molecule has 0 aliphatic heterocycles. The van der Waals surface area contributed by atoms with Crippen molar-refractivity contribution in [3.8, 4) is 0 Å². The zero-order valence-corrected chi connectivity index (χ0v) is 16.8. The minimum absolute atomic E-state index is 0.0142. The first-order valence-corrected chi connectivity index (χ1v) is 9.53. The average molecular weight is 388 g/mol. The fourth-order valence-corrected chi connectivity index (χ4v) is 2.97. The van der Waals surface area contributed by atoms with Crippen LogP contribution in [0, 0.1) is 6.92 Å². The zero-order chi connectivity index (χ0) is 20.8. The molecule has 3 rings (SSSR count). The van der Waals surface area contributed by atoms with E-state index in [0.717, 1.165) is 11.3 Å². The molecule has 0 spiro atoms. The SMILES string of the molecule is CCN(Cc1ccccc1)C(=O)c1cc(Nc2ccc(C(C)=O)cc2)nc(C)n1. The third-order valence-corrected chi connectivity index (χ3v) is 4.51. The molecule has 1 amide bonds. The molecule has 0 saturated heterocycles. The zero-order valence-electron chi connectivity index (χ0n) is 16.8. The van der Waals surface area contributed by atoms with E-state index in [4.69, 9.17) is 0 Å². The van der Waals surface area contributed by atoms with Gasteiger partial charge < -0.3 is 10.2 Å². The van der Waals surface area contributed by atoms with Gasteiger partial charge in [-0.2, -0.15) is 0 Å². The van der Waals surface area contributed by atoms with Crippen LogP contribution in [0.1, 0.15) is 46.1 Å². The molecule has 29 heavy (non-hydrogen) atoms. The molecular weight excluding hydrogens is 364 g/mol. The number of carbonyl (C=O) groups excluding carboxylic acids is 2. The molecule has 1 N–H and O–H groups in total. The predicted molar refractivity (Wildman–Crippen MR) is 113 cm³/mol. The van der Waals surface area contributed by atoms with Gasteiger partial charge in [0.25, 0.3) is 5.91 Å². The van der Waals surface area contributed by atoms with Crippen molar-refractivity contribution in [2.24, 2.45) is 0 Å². The Bertz CT molecular complexity index is 1000. The topological polar surface area (TPSA) is 75.2 Å². The number of hydrogen-bond donors (Lipinski definition) is 1. The lowest BCUT2D eigenvalue weighted by Gasteiger charge is -2.21. The van der Waals surface area contributed by atoms with Crippen molar-refractivity contribution in [1.29, 1.82) is 0 Å². The van der Waals surface area contributed by atoms with Crippen LogP contribution in [0.25, 0.3) is 0 Å². The third kappa shape index (κ3) is 5.25. The molecule has 0 unspecified atom stereocenters. The summed E-state index contributed by atoms with van der Waals surface area (Å²) in [5.74, 6) is 0.916. The van der Waals surface area contributed by atoms with Gasteiger partial charge in [-0.3, -0.25) is 9.59 Å². The van der Waals surface area contributed by atoms with Crippen LogP contribution in [0.15, 0.2) is 60.7 Å². The molecule has 0 fully saturated rings. The summed E-state index contributed by atoms with van der Waals surface area (Å²) in [5.41, 5.74) is 2.84. The van der Waals surface area contributed by atoms with Crippen molar-refractivity contribution in [3.05, 3.63) is 83.3 Å². The van der Waals surface area contributed by atoms with Crippen LogP contribution in [-0.4, -0.2) is 33.1 Å². The number of nitrogens with zero attached hydrogens (tertiary/aromatic N) is 3. The number of rotatable bonds is 7. The van der Waals surface area contributed by atoms with E-state index in [1.807, 2.05) is 49.4 Å². The van der Waals surface area contributed by atoms with Gasteiger partial charge in [0.15, 0.2) is 5.78 Å². The van der Waals surface area contributed by atoms with Gasteiger partial charge in [0.05, 0.1) is 0 Å². The Labute approximate surface area is 170 Å². The second kappa shape index (κ2) is 9.10. The van der Waals surface area contributed by atoms with E-state index in [1.165, 1.54) is 6.92 Å².